The summed E-state index contributed by atoms with van der Waals surface area (Å²) in [5.41, 5.74) is 0. The van der Waals surface area contributed by atoms with Crippen LogP contribution in [0.1, 0.15) is 39.5 Å². The summed E-state index contributed by atoms with van der Waals surface area (Å²) in [6.45, 7) is 7.44. The summed E-state index contributed by atoms with van der Waals surface area (Å²) < 4.78 is 5.72. The van der Waals surface area contributed by atoms with Gasteiger partial charge in [-0.2, -0.15) is 0 Å². The molecule has 1 unspecified atom stereocenters. The van der Waals surface area contributed by atoms with Crippen LogP contribution in [-0.2, 0) is 9.53 Å². The predicted octanol–water partition coefficient (Wildman–Crippen LogP) is 1.31. The van der Waals surface area contributed by atoms with Crippen LogP contribution >= 0.6 is 0 Å². The van der Waals surface area contributed by atoms with Crippen molar-refractivity contribution >= 4 is 5.91 Å². The lowest BCUT2D eigenvalue weighted by molar-refractivity contribution is -0.125. The smallest absolute Gasteiger partial charge is 0.222 e. The van der Waals surface area contributed by atoms with Gasteiger partial charge >= 0.3 is 0 Å². The molecule has 1 heterocycles. The van der Waals surface area contributed by atoms with Crippen LogP contribution in [0.2, 0.25) is 0 Å². The van der Waals surface area contributed by atoms with E-state index in [4.69, 9.17) is 4.74 Å². The van der Waals surface area contributed by atoms with Crippen LogP contribution < -0.4 is 10.6 Å². The summed E-state index contributed by atoms with van der Waals surface area (Å²) in [5, 5.41) is 6.23. The van der Waals surface area contributed by atoms with E-state index in [2.05, 4.69) is 17.6 Å². The Balaban J connectivity index is 2.01. The summed E-state index contributed by atoms with van der Waals surface area (Å²) in [6, 6.07) is 0. The molecule has 0 radical (unpaired) electrons. The zero-order valence-electron chi connectivity index (χ0n) is 11.1. The molecule has 1 saturated heterocycles. The lowest BCUT2D eigenvalue weighted by Crippen LogP contribution is -2.36. The zero-order chi connectivity index (χ0) is 12.5. The molecule has 0 aromatic carbocycles. The highest BCUT2D eigenvalue weighted by atomic mass is 16.5. The minimum absolute atomic E-state index is 0.124. The topological polar surface area (TPSA) is 50.4 Å². The van der Waals surface area contributed by atoms with Gasteiger partial charge in [-0.15, -0.1) is 0 Å². The average molecular weight is 242 g/mol. The van der Waals surface area contributed by atoms with E-state index in [1.807, 2.05) is 6.92 Å². The molecule has 17 heavy (non-hydrogen) atoms. The van der Waals surface area contributed by atoms with Gasteiger partial charge in [-0.1, -0.05) is 20.3 Å². The van der Waals surface area contributed by atoms with Crippen LogP contribution in [0.5, 0.6) is 0 Å². The number of amides is 1. The Morgan fingerprint density at radius 2 is 2.18 bits per heavy atom. The fourth-order valence-corrected chi connectivity index (χ4v) is 2.10. The Morgan fingerprint density at radius 3 is 2.82 bits per heavy atom. The number of nitrogens with one attached hydrogen (secondary N) is 2. The Hall–Kier alpha value is -0.610. The van der Waals surface area contributed by atoms with Gasteiger partial charge < -0.3 is 15.4 Å². The third-order valence-electron chi connectivity index (χ3n) is 3.21. The van der Waals surface area contributed by atoms with Gasteiger partial charge in [0.05, 0.1) is 12.7 Å². The normalized spacial score (nSPS) is 18.9. The van der Waals surface area contributed by atoms with E-state index in [1.54, 1.807) is 0 Å². The van der Waals surface area contributed by atoms with Crippen molar-refractivity contribution in [2.75, 3.05) is 26.2 Å². The molecule has 4 heteroatoms. The molecule has 1 atom stereocenters. The van der Waals surface area contributed by atoms with Gasteiger partial charge in [-0.3, -0.25) is 4.79 Å². The van der Waals surface area contributed by atoms with Crippen molar-refractivity contribution in [2.24, 2.45) is 5.92 Å². The Kier molecular flexibility index (Phi) is 7.21. The molecule has 0 aliphatic carbocycles. The molecule has 0 saturated carbocycles. The maximum absolute atomic E-state index is 11.6. The van der Waals surface area contributed by atoms with Gasteiger partial charge in [0.25, 0.3) is 0 Å². The minimum Gasteiger partial charge on any atom is -0.376 e. The maximum Gasteiger partial charge on any atom is 0.222 e. The molecule has 1 aliphatic heterocycles. The van der Waals surface area contributed by atoms with Crippen LogP contribution in [0.25, 0.3) is 0 Å². The van der Waals surface area contributed by atoms with Crippen LogP contribution in [0.3, 0.4) is 0 Å². The van der Waals surface area contributed by atoms with Crippen molar-refractivity contribution in [3.8, 4) is 0 Å². The van der Waals surface area contributed by atoms with Crippen LogP contribution in [0.15, 0.2) is 0 Å². The second kappa shape index (κ2) is 8.48. The molecule has 0 aromatic heterocycles. The van der Waals surface area contributed by atoms with Gasteiger partial charge in [0.1, 0.15) is 0 Å². The summed E-state index contributed by atoms with van der Waals surface area (Å²) in [4.78, 5) is 11.6. The van der Waals surface area contributed by atoms with E-state index in [0.29, 0.717) is 19.3 Å². The number of piperidine rings is 1. The molecule has 1 fully saturated rings. The third kappa shape index (κ3) is 6.03. The molecule has 1 rings (SSSR count). The molecule has 0 bridgehead atoms. The standard InChI is InChI=1S/C13H26N2O2/c1-3-4-11(2)13(16)15-9-10-17-12-5-7-14-8-6-12/h11-12,14H,3-10H2,1-2H3,(H,15,16). The predicted molar refractivity (Wildman–Crippen MR) is 68.9 cm³/mol. The van der Waals surface area contributed by atoms with Crippen molar-refractivity contribution in [2.45, 2.75) is 45.6 Å². The first-order valence-corrected chi connectivity index (χ1v) is 6.84. The van der Waals surface area contributed by atoms with E-state index in [-0.39, 0.29) is 11.8 Å². The molecular formula is C13H26N2O2. The van der Waals surface area contributed by atoms with Gasteiger partial charge in [-0.25, -0.2) is 0 Å². The SMILES string of the molecule is CCCC(C)C(=O)NCCOC1CCNCC1. The van der Waals surface area contributed by atoms with Crippen LogP contribution in [0.4, 0.5) is 0 Å². The summed E-state index contributed by atoms with van der Waals surface area (Å²) >= 11 is 0. The van der Waals surface area contributed by atoms with E-state index >= 15 is 0 Å². The second-order valence-corrected chi connectivity index (χ2v) is 4.80. The van der Waals surface area contributed by atoms with E-state index in [0.717, 1.165) is 38.8 Å². The Morgan fingerprint density at radius 1 is 1.47 bits per heavy atom. The Labute approximate surface area is 104 Å². The quantitative estimate of drug-likeness (QED) is 0.662. The first-order valence-electron chi connectivity index (χ1n) is 6.84. The highest BCUT2D eigenvalue weighted by molar-refractivity contribution is 5.78. The lowest BCUT2D eigenvalue weighted by atomic mass is 10.1. The van der Waals surface area contributed by atoms with Crippen LogP contribution in [0, 0.1) is 5.92 Å². The molecule has 1 amide bonds. The van der Waals surface area contributed by atoms with Crippen molar-refractivity contribution in [1.29, 1.82) is 0 Å². The van der Waals surface area contributed by atoms with Gasteiger partial charge in [0.2, 0.25) is 5.91 Å². The molecule has 4 nitrogen and oxygen atoms in total. The summed E-state index contributed by atoms with van der Waals surface area (Å²) in [7, 11) is 0. The number of rotatable bonds is 7. The summed E-state index contributed by atoms with van der Waals surface area (Å²) in [5.74, 6) is 0.277. The third-order valence-corrected chi connectivity index (χ3v) is 3.21. The number of carbonyl (C=O) groups excluding carboxylic acids is 1. The molecule has 1 aliphatic rings. The van der Waals surface area contributed by atoms with Gasteiger partial charge in [0.15, 0.2) is 0 Å². The first kappa shape index (κ1) is 14.5. The van der Waals surface area contributed by atoms with Crippen molar-refractivity contribution < 1.29 is 9.53 Å². The van der Waals surface area contributed by atoms with Crippen LogP contribution in [-0.4, -0.2) is 38.3 Å². The number of carbonyl (C=O) groups is 1. The molecule has 0 aromatic rings. The number of hydrogen-bond donors (Lipinski definition) is 2. The fraction of sp³-hybridized carbons (Fsp3) is 0.923. The first-order chi connectivity index (χ1) is 8.24. The van der Waals surface area contributed by atoms with Crippen molar-refractivity contribution in [3.05, 3.63) is 0 Å². The van der Waals surface area contributed by atoms with Crippen molar-refractivity contribution in [1.82, 2.24) is 10.6 Å². The fourth-order valence-electron chi connectivity index (χ4n) is 2.10. The zero-order valence-corrected chi connectivity index (χ0v) is 11.1. The van der Waals surface area contributed by atoms with E-state index < -0.39 is 0 Å². The number of hydrogen-bond acceptors (Lipinski definition) is 3. The van der Waals surface area contributed by atoms with E-state index in [1.165, 1.54) is 0 Å². The number of ether oxygens (including phenoxy) is 1. The van der Waals surface area contributed by atoms with Gasteiger partial charge in [-0.05, 0) is 32.4 Å². The van der Waals surface area contributed by atoms with Gasteiger partial charge in [0, 0.05) is 12.5 Å². The maximum atomic E-state index is 11.6. The largest absolute Gasteiger partial charge is 0.376 e. The molecule has 100 valence electrons. The highest BCUT2D eigenvalue weighted by Crippen LogP contribution is 2.07. The molecule has 2 N–H and O–H groups in total. The van der Waals surface area contributed by atoms with E-state index in [9.17, 15) is 4.79 Å². The molecular weight excluding hydrogens is 216 g/mol. The second-order valence-electron chi connectivity index (χ2n) is 4.80. The summed E-state index contributed by atoms with van der Waals surface area (Å²) in [6.07, 6.45) is 4.56. The highest BCUT2D eigenvalue weighted by Gasteiger charge is 2.14. The average Bonchev–Trinajstić information content (AvgIpc) is 2.36. The Bertz CT molecular complexity index is 215. The van der Waals surface area contributed by atoms with Crippen molar-refractivity contribution in [3.63, 3.8) is 0 Å². The monoisotopic (exact) mass is 242 g/mol. The molecule has 0 spiro atoms. The lowest BCUT2D eigenvalue weighted by Gasteiger charge is -2.23. The minimum atomic E-state index is 0.124.